The highest BCUT2D eigenvalue weighted by molar-refractivity contribution is 8.22. The molecule has 2 fully saturated rings. The van der Waals surface area contributed by atoms with Crippen LogP contribution < -0.4 is 5.43 Å². The molecule has 8 heteroatoms. The number of halogens is 1. The number of hydrogen-bond acceptors (Lipinski definition) is 5. The maximum Gasteiger partial charge on any atom is 0.236 e. The number of carbonyl (C=O) groups is 2. The Kier molecular flexibility index (Phi) is 5.66. The Hall–Kier alpha value is -1.44. The second-order valence-corrected chi connectivity index (χ2v) is 9.70. The Morgan fingerprint density at radius 1 is 1.41 bits per heavy atom. The first-order valence-corrected chi connectivity index (χ1v) is 10.5. The molecule has 27 heavy (non-hydrogen) atoms. The van der Waals surface area contributed by atoms with E-state index in [-0.39, 0.29) is 29.0 Å². The standard InChI is InChI=1S/C19H22ClN3O2S2/c1-18(2)13-8-9-19(18,3)16(25)23(15(13)24)11-27-17(26)22-21-10-12-6-4-5-7-14(12)20/h4-7,10,13H,8-9,11H2,1-3H3,(H,22,26)/t13-,19-/m0/s1. The van der Waals surface area contributed by atoms with E-state index in [1.807, 2.05) is 39.0 Å². The third-order valence-electron chi connectivity index (χ3n) is 6.10. The summed E-state index contributed by atoms with van der Waals surface area (Å²) in [5, 5.41) is 4.67. The van der Waals surface area contributed by atoms with Gasteiger partial charge in [-0.05, 0) is 24.3 Å². The number of hydrazone groups is 1. The Labute approximate surface area is 173 Å². The number of thiocarbonyl (C=S) groups is 1. The minimum absolute atomic E-state index is 0.0881. The van der Waals surface area contributed by atoms with Gasteiger partial charge in [0.2, 0.25) is 11.8 Å². The number of piperidine rings is 1. The second kappa shape index (κ2) is 7.53. The summed E-state index contributed by atoms with van der Waals surface area (Å²) < 4.78 is 0.390. The van der Waals surface area contributed by atoms with Crippen molar-refractivity contribution < 1.29 is 9.59 Å². The molecule has 2 aliphatic rings. The van der Waals surface area contributed by atoms with Crippen molar-refractivity contribution in [1.82, 2.24) is 10.3 Å². The van der Waals surface area contributed by atoms with Gasteiger partial charge in [0.1, 0.15) is 0 Å². The Morgan fingerprint density at radius 2 is 2.11 bits per heavy atom. The van der Waals surface area contributed by atoms with Gasteiger partial charge in [-0.1, -0.05) is 74.6 Å². The number of carbonyl (C=O) groups excluding carboxylic acids is 2. The van der Waals surface area contributed by atoms with Gasteiger partial charge in [-0.15, -0.1) is 0 Å². The van der Waals surface area contributed by atoms with Crippen molar-refractivity contribution >= 4 is 57.9 Å². The van der Waals surface area contributed by atoms with Gasteiger partial charge in [0, 0.05) is 16.5 Å². The first-order chi connectivity index (χ1) is 12.7. The summed E-state index contributed by atoms with van der Waals surface area (Å²) in [4.78, 5) is 27.1. The molecule has 5 nitrogen and oxygen atoms in total. The van der Waals surface area contributed by atoms with Crippen molar-refractivity contribution in [2.45, 2.75) is 33.6 Å². The summed E-state index contributed by atoms with van der Waals surface area (Å²) in [5.74, 6) is -0.0932. The molecule has 0 radical (unpaired) electrons. The maximum atomic E-state index is 13.0. The quantitative estimate of drug-likeness (QED) is 0.342. The Balaban J connectivity index is 1.59. The molecule has 1 saturated carbocycles. The summed E-state index contributed by atoms with van der Waals surface area (Å²) in [6.07, 6.45) is 3.09. The number of imide groups is 1. The van der Waals surface area contributed by atoms with Gasteiger partial charge >= 0.3 is 0 Å². The average Bonchev–Trinajstić information content (AvgIpc) is 2.80. The van der Waals surface area contributed by atoms with Crippen LogP contribution in [0.1, 0.15) is 39.2 Å². The fraction of sp³-hybridized carbons (Fsp3) is 0.474. The summed E-state index contributed by atoms with van der Waals surface area (Å²) in [6.45, 7) is 6.03. The topological polar surface area (TPSA) is 61.8 Å². The minimum Gasteiger partial charge on any atom is -0.274 e. The highest BCUT2D eigenvalue weighted by Gasteiger charge is 2.64. The van der Waals surface area contributed by atoms with Crippen LogP contribution in [0.3, 0.4) is 0 Å². The monoisotopic (exact) mass is 423 g/mol. The van der Waals surface area contributed by atoms with E-state index in [4.69, 9.17) is 23.8 Å². The number of rotatable bonds is 4. The van der Waals surface area contributed by atoms with Crippen LogP contribution in [0.4, 0.5) is 0 Å². The average molecular weight is 424 g/mol. The summed E-state index contributed by atoms with van der Waals surface area (Å²) in [7, 11) is 0. The number of nitrogens with zero attached hydrogens (tertiary/aromatic N) is 2. The van der Waals surface area contributed by atoms with Crippen LogP contribution >= 0.6 is 35.6 Å². The highest BCUT2D eigenvalue weighted by Crippen LogP contribution is 2.60. The van der Waals surface area contributed by atoms with Crippen LogP contribution in [0.25, 0.3) is 0 Å². The lowest BCUT2D eigenvalue weighted by atomic mass is 9.62. The molecule has 1 aliphatic carbocycles. The van der Waals surface area contributed by atoms with E-state index in [9.17, 15) is 9.59 Å². The maximum absolute atomic E-state index is 13.0. The van der Waals surface area contributed by atoms with Gasteiger partial charge in [0.05, 0.1) is 17.5 Å². The third kappa shape index (κ3) is 3.52. The molecule has 1 aliphatic heterocycles. The van der Waals surface area contributed by atoms with E-state index in [0.29, 0.717) is 9.34 Å². The normalized spacial score (nSPS) is 26.7. The van der Waals surface area contributed by atoms with Gasteiger partial charge in [-0.2, -0.15) is 5.10 Å². The number of benzene rings is 1. The van der Waals surface area contributed by atoms with Crippen molar-refractivity contribution in [3.8, 4) is 0 Å². The summed E-state index contributed by atoms with van der Waals surface area (Å²) >= 11 is 12.5. The smallest absolute Gasteiger partial charge is 0.236 e. The van der Waals surface area contributed by atoms with Crippen LogP contribution in [0.5, 0.6) is 0 Å². The molecule has 2 amide bonds. The van der Waals surface area contributed by atoms with Crippen LogP contribution in [0, 0.1) is 16.7 Å². The van der Waals surface area contributed by atoms with E-state index < -0.39 is 5.41 Å². The number of likely N-dealkylation sites (tertiary alicyclic amines) is 1. The predicted molar refractivity (Wildman–Crippen MR) is 114 cm³/mol. The van der Waals surface area contributed by atoms with Crippen molar-refractivity contribution in [3.05, 3.63) is 34.9 Å². The van der Waals surface area contributed by atoms with E-state index in [1.165, 1.54) is 16.7 Å². The second-order valence-electron chi connectivity index (χ2n) is 7.67. The molecule has 2 bridgehead atoms. The molecule has 1 aromatic carbocycles. The first kappa shape index (κ1) is 20.3. The van der Waals surface area contributed by atoms with Gasteiger partial charge in [0.25, 0.3) is 0 Å². The van der Waals surface area contributed by atoms with E-state index >= 15 is 0 Å². The zero-order chi connectivity index (χ0) is 19.8. The number of hydrogen-bond donors (Lipinski definition) is 1. The zero-order valence-corrected chi connectivity index (χ0v) is 17.9. The molecule has 144 valence electrons. The molecular weight excluding hydrogens is 402 g/mol. The molecule has 1 N–H and O–H groups in total. The summed E-state index contributed by atoms with van der Waals surface area (Å²) in [5.41, 5.74) is 2.72. The number of fused-ring (bicyclic) bond motifs is 2. The molecule has 0 unspecified atom stereocenters. The molecular formula is C19H22ClN3O2S2. The van der Waals surface area contributed by atoms with E-state index in [1.54, 1.807) is 12.3 Å². The van der Waals surface area contributed by atoms with Crippen LogP contribution in [0.2, 0.25) is 5.02 Å². The lowest BCUT2D eigenvalue weighted by Crippen LogP contribution is -2.58. The SMILES string of the molecule is CC1(C)[C@H]2CC[C@@]1(C)C(=O)N(CSC(=S)NN=Cc1ccccc1Cl)C2=O. The van der Waals surface area contributed by atoms with Crippen molar-refractivity contribution in [2.75, 3.05) is 5.88 Å². The van der Waals surface area contributed by atoms with Crippen LogP contribution in [-0.4, -0.2) is 33.1 Å². The van der Waals surface area contributed by atoms with Crippen LogP contribution in [-0.2, 0) is 9.59 Å². The van der Waals surface area contributed by atoms with Gasteiger partial charge in [-0.3, -0.25) is 19.9 Å². The Morgan fingerprint density at radius 3 is 2.81 bits per heavy atom. The molecule has 1 heterocycles. The zero-order valence-electron chi connectivity index (χ0n) is 15.5. The minimum atomic E-state index is -0.497. The lowest BCUT2D eigenvalue weighted by Gasteiger charge is -2.47. The largest absolute Gasteiger partial charge is 0.274 e. The van der Waals surface area contributed by atoms with Gasteiger partial charge in [-0.25, -0.2) is 0 Å². The first-order valence-electron chi connectivity index (χ1n) is 8.74. The van der Waals surface area contributed by atoms with Crippen molar-refractivity contribution in [2.24, 2.45) is 21.8 Å². The Bertz CT molecular complexity index is 827. The molecule has 0 aromatic heterocycles. The van der Waals surface area contributed by atoms with Crippen LogP contribution in [0.15, 0.2) is 29.4 Å². The summed E-state index contributed by atoms with van der Waals surface area (Å²) in [6, 6.07) is 7.33. The number of thioether (sulfide) groups is 1. The molecule has 1 saturated heterocycles. The predicted octanol–water partition coefficient (Wildman–Crippen LogP) is 4.05. The highest BCUT2D eigenvalue weighted by atomic mass is 35.5. The molecule has 1 aromatic rings. The fourth-order valence-electron chi connectivity index (χ4n) is 3.91. The fourth-order valence-corrected chi connectivity index (χ4v) is 4.92. The lowest BCUT2D eigenvalue weighted by molar-refractivity contribution is -0.166. The van der Waals surface area contributed by atoms with Crippen molar-refractivity contribution in [3.63, 3.8) is 0 Å². The van der Waals surface area contributed by atoms with Crippen molar-refractivity contribution in [1.29, 1.82) is 0 Å². The van der Waals surface area contributed by atoms with E-state index in [0.717, 1.165) is 18.4 Å². The van der Waals surface area contributed by atoms with E-state index in [2.05, 4.69) is 10.5 Å². The molecule has 0 spiro atoms. The number of nitrogens with one attached hydrogen (secondary N) is 1. The van der Waals surface area contributed by atoms with Gasteiger partial charge < -0.3 is 0 Å². The third-order valence-corrected chi connectivity index (χ3v) is 7.63. The molecule has 3 rings (SSSR count). The number of amides is 2. The molecule has 2 atom stereocenters. The van der Waals surface area contributed by atoms with Gasteiger partial charge in [0.15, 0.2) is 4.32 Å².